The number of para-hydroxylation sites is 1. The van der Waals surface area contributed by atoms with E-state index in [0.717, 1.165) is 17.8 Å². The number of hydrogen-bond acceptors (Lipinski definition) is 6. The van der Waals surface area contributed by atoms with Gasteiger partial charge in [0.25, 0.3) is 5.78 Å². The molecule has 0 radical (unpaired) electrons. The molecule has 1 atom stereocenters. The molecule has 25 heavy (non-hydrogen) atoms. The van der Waals surface area contributed by atoms with Gasteiger partial charge in [0.1, 0.15) is 0 Å². The van der Waals surface area contributed by atoms with Crippen LogP contribution in [0.3, 0.4) is 0 Å². The molecule has 3 rings (SSSR count). The Hall–Kier alpha value is -3.42. The first kappa shape index (κ1) is 16.4. The van der Waals surface area contributed by atoms with Crippen molar-refractivity contribution in [3.05, 3.63) is 53.7 Å². The summed E-state index contributed by atoms with van der Waals surface area (Å²) in [5, 5.41) is 11.6. The first-order valence-electron chi connectivity index (χ1n) is 7.33. The quantitative estimate of drug-likeness (QED) is 0.820. The first-order chi connectivity index (χ1) is 11.8. The molecule has 0 saturated carbocycles. The molecular weight excluding hydrogens is 328 g/mol. The van der Waals surface area contributed by atoms with Gasteiger partial charge in [0, 0.05) is 24.1 Å². The smallest absolute Gasteiger partial charge is 0.411 e. The molecule has 0 saturated heterocycles. The molecule has 8 heteroatoms. The predicted molar refractivity (Wildman–Crippen MR) is 85.1 cm³/mol. The third-order valence-electron chi connectivity index (χ3n) is 3.76. The summed E-state index contributed by atoms with van der Waals surface area (Å²) in [6.07, 6.45) is 0.0170. The zero-order valence-electron chi connectivity index (χ0n) is 13.4. The summed E-state index contributed by atoms with van der Waals surface area (Å²) in [6.45, 7) is 2.56. The Morgan fingerprint density at radius 2 is 2.04 bits per heavy atom. The normalized spacial score (nSPS) is 19.7. The molecule has 2 heterocycles. The molecule has 1 aromatic carbocycles. The van der Waals surface area contributed by atoms with Gasteiger partial charge < -0.3 is 14.6 Å². The number of Topliss-reactive ketones (excluding diaryl/α,β-unsaturated/α-hetero) is 1. The van der Waals surface area contributed by atoms with E-state index in [1.54, 1.807) is 6.07 Å². The summed E-state index contributed by atoms with van der Waals surface area (Å²) in [6, 6.07) is 9.02. The highest BCUT2D eigenvalue weighted by Crippen LogP contribution is 2.38. The van der Waals surface area contributed by atoms with Crippen molar-refractivity contribution in [1.82, 2.24) is 10.3 Å². The van der Waals surface area contributed by atoms with Gasteiger partial charge in [-0.25, -0.2) is 4.79 Å². The standard InChI is InChI=1S/C17H14N2O6/c1-9(20)24-13-14(21)17(2,25-15(13)19-16(22)23)11-7-10-5-3-4-6-12(10)18-8-11/h3-8,19H,1-2H3,(H,22,23). The number of carbonyl (C=O) groups is 3. The number of aromatic nitrogens is 1. The van der Waals surface area contributed by atoms with E-state index in [-0.39, 0.29) is 0 Å². The molecule has 1 aliphatic rings. The van der Waals surface area contributed by atoms with E-state index in [1.165, 1.54) is 13.1 Å². The zero-order chi connectivity index (χ0) is 18.2. The number of benzene rings is 1. The highest BCUT2D eigenvalue weighted by atomic mass is 16.6. The second-order valence-corrected chi connectivity index (χ2v) is 5.56. The molecular formula is C17H14N2O6. The van der Waals surface area contributed by atoms with E-state index in [1.807, 2.05) is 29.6 Å². The molecule has 0 aliphatic carbocycles. The summed E-state index contributed by atoms with van der Waals surface area (Å²) >= 11 is 0. The highest BCUT2D eigenvalue weighted by Gasteiger charge is 2.50. The highest BCUT2D eigenvalue weighted by molar-refractivity contribution is 6.05. The number of fused-ring (bicyclic) bond motifs is 1. The number of carboxylic acid groups (broad SMARTS) is 1. The van der Waals surface area contributed by atoms with Gasteiger partial charge in [0.05, 0.1) is 5.52 Å². The number of pyridine rings is 1. The van der Waals surface area contributed by atoms with E-state index in [2.05, 4.69) is 4.98 Å². The third-order valence-corrected chi connectivity index (χ3v) is 3.76. The summed E-state index contributed by atoms with van der Waals surface area (Å²) in [5.74, 6) is -2.35. The summed E-state index contributed by atoms with van der Waals surface area (Å²) < 4.78 is 10.4. The van der Waals surface area contributed by atoms with Gasteiger partial charge in [0.15, 0.2) is 0 Å². The Kier molecular flexibility index (Phi) is 3.88. The van der Waals surface area contributed by atoms with Crippen LogP contribution in [0.2, 0.25) is 0 Å². The average Bonchev–Trinajstić information content (AvgIpc) is 2.79. The van der Waals surface area contributed by atoms with Crippen LogP contribution in [0.4, 0.5) is 4.79 Å². The number of hydrogen-bond donors (Lipinski definition) is 2. The maximum Gasteiger partial charge on any atom is 0.411 e. The summed E-state index contributed by atoms with van der Waals surface area (Å²) in [7, 11) is 0. The van der Waals surface area contributed by atoms with Gasteiger partial charge in [-0.05, 0) is 19.1 Å². The second kappa shape index (κ2) is 5.90. The van der Waals surface area contributed by atoms with Crippen molar-refractivity contribution >= 4 is 28.7 Å². The Morgan fingerprint density at radius 1 is 1.32 bits per heavy atom. The fourth-order valence-electron chi connectivity index (χ4n) is 2.55. The van der Waals surface area contributed by atoms with Crippen molar-refractivity contribution < 1.29 is 29.0 Å². The molecule has 1 unspecified atom stereocenters. The van der Waals surface area contributed by atoms with Crippen LogP contribution in [0.1, 0.15) is 19.4 Å². The van der Waals surface area contributed by atoms with Crippen LogP contribution in [0.25, 0.3) is 10.9 Å². The SMILES string of the molecule is CC(=O)OC1=C(NC(=O)O)OC(C)(c2cnc3ccccc3c2)C1=O. The largest absolute Gasteiger partial charge is 0.465 e. The zero-order valence-corrected chi connectivity index (χ0v) is 13.4. The number of ether oxygens (including phenoxy) is 2. The fourth-order valence-corrected chi connectivity index (χ4v) is 2.55. The van der Waals surface area contributed by atoms with Crippen LogP contribution in [0, 0.1) is 0 Å². The lowest BCUT2D eigenvalue weighted by Crippen LogP contribution is -2.32. The Labute approximate surface area is 142 Å². The molecule has 8 nitrogen and oxygen atoms in total. The molecule has 1 aliphatic heterocycles. The van der Waals surface area contributed by atoms with E-state index < -0.39 is 35.1 Å². The molecule has 1 aromatic heterocycles. The molecule has 1 amide bonds. The van der Waals surface area contributed by atoms with E-state index in [0.29, 0.717) is 5.56 Å². The van der Waals surface area contributed by atoms with Gasteiger partial charge >= 0.3 is 12.1 Å². The third kappa shape index (κ3) is 2.89. The minimum atomic E-state index is -1.57. The van der Waals surface area contributed by atoms with Gasteiger partial charge in [-0.15, -0.1) is 0 Å². The number of esters is 1. The van der Waals surface area contributed by atoms with Crippen LogP contribution in [0.5, 0.6) is 0 Å². The Morgan fingerprint density at radius 3 is 2.72 bits per heavy atom. The lowest BCUT2D eigenvalue weighted by atomic mass is 9.92. The maximum absolute atomic E-state index is 12.8. The second-order valence-electron chi connectivity index (χ2n) is 5.56. The average molecular weight is 342 g/mol. The van der Waals surface area contributed by atoms with Crippen LogP contribution in [-0.4, -0.2) is 27.9 Å². The van der Waals surface area contributed by atoms with Crippen LogP contribution in [-0.2, 0) is 24.7 Å². The number of ketones is 1. The topological polar surface area (TPSA) is 115 Å². The number of nitrogens with one attached hydrogen (secondary N) is 1. The van der Waals surface area contributed by atoms with E-state index in [9.17, 15) is 14.4 Å². The minimum Gasteiger partial charge on any atom is -0.465 e. The van der Waals surface area contributed by atoms with Crippen molar-refractivity contribution in [3.63, 3.8) is 0 Å². The molecule has 0 fully saturated rings. The minimum absolute atomic E-state index is 0.406. The molecule has 0 bridgehead atoms. The van der Waals surface area contributed by atoms with Crippen LogP contribution < -0.4 is 5.32 Å². The number of rotatable bonds is 3. The van der Waals surface area contributed by atoms with E-state index >= 15 is 0 Å². The van der Waals surface area contributed by atoms with Crippen LogP contribution >= 0.6 is 0 Å². The van der Waals surface area contributed by atoms with Gasteiger partial charge in [0.2, 0.25) is 17.2 Å². The Balaban J connectivity index is 2.04. The van der Waals surface area contributed by atoms with Gasteiger partial charge in [-0.3, -0.25) is 19.9 Å². The molecule has 2 aromatic rings. The lowest BCUT2D eigenvalue weighted by molar-refractivity contribution is -0.142. The number of carbonyl (C=O) groups excluding carboxylic acids is 2. The van der Waals surface area contributed by atoms with Gasteiger partial charge in [-0.1, -0.05) is 18.2 Å². The monoisotopic (exact) mass is 342 g/mol. The van der Waals surface area contributed by atoms with Crippen molar-refractivity contribution in [2.45, 2.75) is 19.4 Å². The van der Waals surface area contributed by atoms with Crippen molar-refractivity contribution in [2.75, 3.05) is 0 Å². The van der Waals surface area contributed by atoms with Crippen molar-refractivity contribution in [3.8, 4) is 0 Å². The first-order valence-corrected chi connectivity index (χ1v) is 7.33. The van der Waals surface area contributed by atoms with Crippen LogP contribution in [0.15, 0.2) is 48.2 Å². The van der Waals surface area contributed by atoms with E-state index in [4.69, 9.17) is 14.6 Å². The predicted octanol–water partition coefficient (Wildman–Crippen LogP) is 2.05. The fraction of sp³-hybridized carbons (Fsp3) is 0.176. The Bertz CT molecular complexity index is 936. The summed E-state index contributed by atoms with van der Waals surface area (Å²) in [4.78, 5) is 39.2. The maximum atomic E-state index is 12.8. The molecule has 128 valence electrons. The molecule has 2 N–H and O–H groups in total. The lowest BCUT2D eigenvalue weighted by Gasteiger charge is -2.23. The summed E-state index contributed by atoms with van der Waals surface area (Å²) in [5.41, 5.74) is -0.431. The van der Waals surface area contributed by atoms with Crippen molar-refractivity contribution in [1.29, 1.82) is 0 Å². The number of amides is 1. The van der Waals surface area contributed by atoms with Crippen molar-refractivity contribution in [2.24, 2.45) is 0 Å². The number of nitrogens with zero attached hydrogens (tertiary/aromatic N) is 1. The van der Waals surface area contributed by atoms with Gasteiger partial charge in [-0.2, -0.15) is 0 Å². The molecule has 0 spiro atoms.